The van der Waals surface area contributed by atoms with Gasteiger partial charge in [-0.15, -0.1) is 0 Å². The number of esters is 1. The first-order chi connectivity index (χ1) is 18.0. The Kier molecular flexibility index (Phi) is 5.48. The molecule has 0 bridgehead atoms. The molecule has 0 aromatic carbocycles. The van der Waals surface area contributed by atoms with Crippen molar-refractivity contribution < 1.29 is 43.9 Å². The summed E-state index contributed by atoms with van der Waals surface area (Å²) in [6, 6.07) is 0. The lowest BCUT2D eigenvalue weighted by Gasteiger charge is -2.62. The van der Waals surface area contributed by atoms with Crippen LogP contribution in [-0.2, 0) is 28.5 Å². The van der Waals surface area contributed by atoms with E-state index in [0.29, 0.717) is 32.3 Å². The summed E-state index contributed by atoms with van der Waals surface area (Å²) in [6.45, 7) is 4.27. The van der Waals surface area contributed by atoms with Gasteiger partial charge in [0.15, 0.2) is 0 Å². The summed E-state index contributed by atoms with van der Waals surface area (Å²) in [4.78, 5) is 24.9. The minimum Gasteiger partial charge on any atom is -0.458 e. The molecule has 0 aromatic rings. The van der Waals surface area contributed by atoms with Crippen molar-refractivity contribution in [2.24, 2.45) is 28.6 Å². The van der Waals surface area contributed by atoms with E-state index in [1.54, 1.807) is 6.08 Å². The van der Waals surface area contributed by atoms with Gasteiger partial charge in [-0.3, -0.25) is 0 Å². The monoisotopic (exact) mass is 530 g/mol. The largest absolute Gasteiger partial charge is 0.458 e. The molecule has 3 heterocycles. The molecule has 7 aliphatic rings. The quantitative estimate of drug-likeness (QED) is 0.278. The van der Waals surface area contributed by atoms with E-state index in [-0.39, 0.29) is 36.2 Å². The fourth-order valence-electron chi connectivity index (χ4n) is 9.62. The number of rotatable bonds is 2. The van der Waals surface area contributed by atoms with Crippen LogP contribution in [0.2, 0.25) is 0 Å². The highest BCUT2D eigenvalue weighted by molar-refractivity contribution is 5.85. The average molecular weight is 531 g/mol. The molecule has 3 saturated carbocycles. The van der Waals surface area contributed by atoms with Crippen molar-refractivity contribution in [3.05, 3.63) is 23.3 Å². The number of hydrogen-bond acceptors (Lipinski definition) is 9. The van der Waals surface area contributed by atoms with Crippen LogP contribution in [-0.4, -0.2) is 76.3 Å². The Bertz CT molecular complexity index is 1120. The smallest absolute Gasteiger partial charge is 0.331 e. The highest BCUT2D eigenvalue weighted by Crippen LogP contribution is 2.69. The molecule has 0 radical (unpaired) electrons. The zero-order valence-corrected chi connectivity index (χ0v) is 22.0. The molecular formula is C29H38O9. The maximum Gasteiger partial charge on any atom is 0.331 e. The van der Waals surface area contributed by atoms with Crippen molar-refractivity contribution >= 4 is 12.3 Å². The minimum absolute atomic E-state index is 0.0725. The van der Waals surface area contributed by atoms with Crippen molar-refractivity contribution in [1.29, 1.82) is 0 Å². The third-order valence-corrected chi connectivity index (χ3v) is 11.6. The van der Waals surface area contributed by atoms with Gasteiger partial charge in [-0.2, -0.15) is 0 Å². The lowest BCUT2D eigenvalue weighted by Crippen LogP contribution is -2.70. The molecule has 0 amide bonds. The van der Waals surface area contributed by atoms with Gasteiger partial charge in [0.2, 0.25) is 12.1 Å². The van der Waals surface area contributed by atoms with Crippen LogP contribution in [0.4, 0.5) is 0 Å². The van der Waals surface area contributed by atoms with E-state index in [1.165, 1.54) is 0 Å². The maximum atomic E-state index is 13.1. The SMILES string of the molecule is C[C@@H]1C[C@H](O)[C@]2(O)O[C@@H]3C[C@@]4(C=O)C(=CC[C@@H]5[C@@H]4CC[C@]4(C)[C@@H](C6=CC(=O)OC6)CC[C@]54O)C[C@H]3O[C@@H]2O1. The van der Waals surface area contributed by atoms with Crippen molar-refractivity contribution in [1.82, 2.24) is 0 Å². The fourth-order valence-corrected chi connectivity index (χ4v) is 9.62. The van der Waals surface area contributed by atoms with Crippen LogP contribution in [0, 0.1) is 28.6 Å². The van der Waals surface area contributed by atoms with Gasteiger partial charge in [0, 0.05) is 17.9 Å². The molecular weight excluding hydrogens is 492 g/mol. The topological polar surface area (TPSA) is 132 Å². The first-order valence-corrected chi connectivity index (χ1v) is 14.2. The van der Waals surface area contributed by atoms with E-state index in [2.05, 4.69) is 13.0 Å². The molecule has 4 aliphatic carbocycles. The van der Waals surface area contributed by atoms with E-state index in [1.807, 2.05) is 6.92 Å². The summed E-state index contributed by atoms with van der Waals surface area (Å²) in [7, 11) is 0. The number of aliphatic hydroxyl groups excluding tert-OH is 1. The van der Waals surface area contributed by atoms with Crippen molar-refractivity contribution in [2.75, 3.05) is 6.61 Å². The first kappa shape index (κ1) is 25.4. The van der Waals surface area contributed by atoms with Crippen LogP contribution in [0.3, 0.4) is 0 Å². The van der Waals surface area contributed by atoms with E-state index in [4.69, 9.17) is 18.9 Å². The maximum absolute atomic E-state index is 13.1. The Labute approximate surface area is 222 Å². The number of fused-ring (bicyclic) bond motifs is 7. The molecule has 9 nitrogen and oxygen atoms in total. The van der Waals surface area contributed by atoms with Gasteiger partial charge in [-0.05, 0) is 75.2 Å². The zero-order valence-electron chi connectivity index (χ0n) is 22.0. The Morgan fingerprint density at radius 3 is 2.66 bits per heavy atom. The number of aldehydes is 1. The van der Waals surface area contributed by atoms with Crippen molar-refractivity contribution in [3.8, 4) is 0 Å². The van der Waals surface area contributed by atoms with Gasteiger partial charge in [0.1, 0.15) is 19.0 Å². The van der Waals surface area contributed by atoms with Crippen LogP contribution in [0.1, 0.15) is 65.2 Å². The fraction of sp³-hybridized carbons (Fsp3) is 0.793. The molecule has 2 saturated heterocycles. The Hall–Kier alpha value is -1.62. The second-order valence-electron chi connectivity index (χ2n) is 13.2. The van der Waals surface area contributed by atoms with Crippen molar-refractivity contribution in [3.63, 3.8) is 0 Å². The van der Waals surface area contributed by atoms with Crippen molar-refractivity contribution in [2.45, 2.75) is 107 Å². The number of hydrogen-bond donors (Lipinski definition) is 3. The summed E-state index contributed by atoms with van der Waals surface area (Å²) in [5.74, 6) is -2.40. The van der Waals surface area contributed by atoms with Crippen LogP contribution in [0.15, 0.2) is 23.3 Å². The molecule has 7 rings (SSSR count). The Balaban J connectivity index is 1.21. The summed E-state index contributed by atoms with van der Waals surface area (Å²) in [5.41, 5.74) is -0.215. The predicted molar refractivity (Wildman–Crippen MR) is 131 cm³/mol. The minimum atomic E-state index is -1.98. The van der Waals surface area contributed by atoms with Gasteiger partial charge in [-0.25, -0.2) is 4.79 Å². The average Bonchev–Trinajstić information content (AvgIpc) is 3.42. The molecule has 5 fully saturated rings. The van der Waals surface area contributed by atoms with E-state index in [9.17, 15) is 24.9 Å². The lowest BCUT2D eigenvalue weighted by atomic mass is 9.45. The van der Waals surface area contributed by atoms with Gasteiger partial charge < -0.3 is 39.1 Å². The Morgan fingerprint density at radius 1 is 1.11 bits per heavy atom. The van der Waals surface area contributed by atoms with Crippen LogP contribution in [0.5, 0.6) is 0 Å². The molecule has 0 aromatic heterocycles. The second kappa shape index (κ2) is 8.21. The summed E-state index contributed by atoms with van der Waals surface area (Å²) >= 11 is 0. The van der Waals surface area contributed by atoms with E-state index in [0.717, 1.165) is 36.7 Å². The van der Waals surface area contributed by atoms with Crippen LogP contribution >= 0.6 is 0 Å². The molecule has 3 aliphatic heterocycles. The summed E-state index contributed by atoms with van der Waals surface area (Å²) in [5, 5.41) is 34.3. The number of carbonyl (C=O) groups excluding carboxylic acids is 2. The second-order valence-corrected chi connectivity index (χ2v) is 13.2. The first-order valence-electron chi connectivity index (χ1n) is 14.2. The molecule has 208 valence electrons. The van der Waals surface area contributed by atoms with Gasteiger partial charge in [0.05, 0.1) is 29.3 Å². The highest BCUT2D eigenvalue weighted by Gasteiger charge is 2.69. The molecule has 3 N–H and O–H groups in total. The van der Waals surface area contributed by atoms with Gasteiger partial charge >= 0.3 is 5.97 Å². The standard InChI is InChI=1S/C29H38O9/c1-15-9-23(31)29(34)25(36-15)37-21-11-17-3-4-20-19(27(17,14-30)12-22(21)38-29)5-7-26(2)18(6-8-28(20,26)33)16-10-24(32)35-13-16/h3,10,14-15,18-23,25,31,33-34H,4-9,11-13H2,1-2H3/t15-,18-,19+,20-,21-,22-,23+,25+,26-,27-,28+,29+/m1/s1. The predicted octanol–water partition coefficient (Wildman–Crippen LogP) is 1.92. The number of aliphatic hydroxyl groups is 3. The third kappa shape index (κ3) is 3.14. The summed E-state index contributed by atoms with van der Waals surface area (Å²) < 4.78 is 23.4. The van der Waals surface area contributed by atoms with Gasteiger partial charge in [-0.1, -0.05) is 18.6 Å². The van der Waals surface area contributed by atoms with Crippen LogP contribution in [0.25, 0.3) is 0 Å². The molecule has 9 heteroatoms. The Morgan fingerprint density at radius 2 is 1.92 bits per heavy atom. The van der Waals surface area contributed by atoms with E-state index >= 15 is 0 Å². The number of carbonyl (C=O) groups is 2. The normalized spacial score (nSPS) is 55.3. The molecule has 12 atom stereocenters. The molecule has 38 heavy (non-hydrogen) atoms. The molecule has 0 spiro atoms. The number of ether oxygens (including phenoxy) is 4. The lowest BCUT2D eigenvalue weighted by molar-refractivity contribution is -0.453. The number of allylic oxidation sites excluding steroid dienone is 1. The molecule has 0 unspecified atom stereocenters. The highest BCUT2D eigenvalue weighted by atomic mass is 16.8. The van der Waals surface area contributed by atoms with Crippen LogP contribution < -0.4 is 0 Å². The zero-order chi connectivity index (χ0) is 26.7. The third-order valence-electron chi connectivity index (χ3n) is 11.6. The van der Waals surface area contributed by atoms with E-state index < -0.39 is 46.8 Å². The number of cyclic esters (lactones) is 1. The summed E-state index contributed by atoms with van der Waals surface area (Å²) in [6.07, 6.45) is 5.91. The van der Waals surface area contributed by atoms with Gasteiger partial charge in [0.25, 0.3) is 0 Å².